The van der Waals surface area contributed by atoms with Gasteiger partial charge in [-0.15, -0.1) is 0 Å². The number of nitrogens with zero attached hydrogens (tertiary/aromatic N) is 1. The molecule has 3 nitrogen and oxygen atoms in total. The van der Waals surface area contributed by atoms with Gasteiger partial charge in [-0.3, -0.25) is 0 Å². The molecule has 2 aliphatic rings. The van der Waals surface area contributed by atoms with Gasteiger partial charge in [0.2, 0.25) is 0 Å². The minimum absolute atomic E-state index is 0.436. The van der Waals surface area contributed by atoms with Crippen molar-refractivity contribution >= 4 is 28.6 Å². The zero-order valence-electron chi connectivity index (χ0n) is 15.2. The normalized spacial score (nSPS) is 20.4. The molecule has 1 heterocycles. The highest BCUT2D eigenvalue weighted by Gasteiger charge is 2.19. The Hall–Kier alpha value is -1.56. The number of imidazole rings is 1. The summed E-state index contributed by atoms with van der Waals surface area (Å²) in [6, 6.07) is 13.6. The molecule has 0 saturated heterocycles. The Morgan fingerprint density at radius 2 is 1.85 bits per heavy atom. The van der Waals surface area contributed by atoms with Crippen molar-refractivity contribution in [1.29, 1.82) is 0 Å². The molecule has 1 saturated carbocycles. The summed E-state index contributed by atoms with van der Waals surface area (Å²) in [5.41, 5.74) is 13.4. The van der Waals surface area contributed by atoms with Gasteiger partial charge in [0, 0.05) is 15.8 Å². The monoisotopic (exact) mass is 441 g/mol. The molecule has 0 radical (unpaired) electrons. The lowest BCUT2D eigenvalue weighted by atomic mass is 9.96. The number of nitrogens with one attached hydrogen (secondary N) is 1. The number of hydrogen-bond acceptors (Lipinski definition) is 3. The van der Waals surface area contributed by atoms with Gasteiger partial charge in [0.1, 0.15) is 0 Å². The molecule has 0 amide bonds. The molecule has 3 N–H and O–H groups in total. The third-order valence-electron chi connectivity index (χ3n) is 5.34. The van der Waals surface area contributed by atoms with Gasteiger partial charge in [-0.25, -0.2) is 4.98 Å². The average Bonchev–Trinajstić information content (AvgIpc) is 3.28. The van der Waals surface area contributed by atoms with Crippen LogP contribution in [0.15, 0.2) is 53.4 Å². The molecule has 2 atom stereocenters. The highest BCUT2D eigenvalue weighted by atomic mass is 79.9. The number of aromatic amines is 1. The largest absolute Gasteiger partial charge is 0.345 e. The maximum Gasteiger partial charge on any atom is 0.0924 e. The first-order valence-corrected chi connectivity index (χ1v) is 10.7. The van der Waals surface area contributed by atoms with Gasteiger partial charge in [-0.2, -0.15) is 12.6 Å². The first kappa shape index (κ1) is 18.8. The number of hydrogen-bond donors (Lipinski definition) is 3. The predicted octanol–water partition coefficient (Wildman–Crippen LogP) is 5.60. The van der Waals surface area contributed by atoms with E-state index in [2.05, 4.69) is 74.9 Å². The van der Waals surface area contributed by atoms with E-state index in [1.165, 1.54) is 47.1 Å². The molecule has 140 valence electrons. The molecule has 0 aliphatic heterocycles. The van der Waals surface area contributed by atoms with Crippen molar-refractivity contribution in [1.82, 2.24) is 9.97 Å². The Morgan fingerprint density at radius 3 is 2.52 bits per heavy atom. The van der Waals surface area contributed by atoms with Crippen LogP contribution in [-0.4, -0.2) is 21.3 Å². The molecule has 2 unspecified atom stereocenters. The quantitative estimate of drug-likeness (QED) is 0.336. The van der Waals surface area contributed by atoms with E-state index in [0.29, 0.717) is 11.3 Å². The van der Waals surface area contributed by atoms with Crippen molar-refractivity contribution < 1.29 is 0 Å². The maximum atomic E-state index is 5.68. The van der Waals surface area contributed by atoms with E-state index in [9.17, 15) is 0 Å². The van der Waals surface area contributed by atoms with Crippen molar-refractivity contribution in [3.8, 4) is 22.4 Å². The van der Waals surface area contributed by atoms with E-state index < -0.39 is 0 Å². The van der Waals surface area contributed by atoms with Crippen LogP contribution in [-0.2, 0) is 6.42 Å². The number of nitrogens with two attached hydrogens (primary N) is 1. The number of halogens is 1. The lowest BCUT2D eigenvalue weighted by Gasteiger charge is -2.22. The molecule has 3 aromatic rings. The Balaban J connectivity index is 0.000000190. The lowest BCUT2D eigenvalue weighted by Crippen LogP contribution is -2.27. The number of aromatic nitrogens is 2. The highest BCUT2D eigenvalue weighted by Crippen LogP contribution is 2.39. The van der Waals surface area contributed by atoms with Crippen LogP contribution in [0, 0.1) is 0 Å². The first-order valence-electron chi connectivity index (χ1n) is 9.44. The molecule has 27 heavy (non-hydrogen) atoms. The Labute approximate surface area is 174 Å². The van der Waals surface area contributed by atoms with Crippen molar-refractivity contribution in [3.63, 3.8) is 0 Å². The first-order chi connectivity index (χ1) is 13.1. The molecule has 0 bridgehead atoms. The maximum absolute atomic E-state index is 5.68. The second-order valence-corrected chi connectivity index (χ2v) is 9.04. The summed E-state index contributed by atoms with van der Waals surface area (Å²) in [4.78, 5) is 7.24. The zero-order valence-corrected chi connectivity index (χ0v) is 17.6. The molecule has 0 spiro atoms. The number of H-pyrrole nitrogens is 1. The summed E-state index contributed by atoms with van der Waals surface area (Å²) in [7, 11) is 0. The van der Waals surface area contributed by atoms with E-state index in [4.69, 9.17) is 5.73 Å². The van der Waals surface area contributed by atoms with Crippen LogP contribution in [0.3, 0.4) is 0 Å². The highest BCUT2D eigenvalue weighted by molar-refractivity contribution is 9.10. The van der Waals surface area contributed by atoms with Gasteiger partial charge in [-0.1, -0.05) is 40.5 Å². The molecular weight excluding hydrogens is 418 g/mol. The molecule has 1 fully saturated rings. The Kier molecular flexibility index (Phi) is 5.71. The van der Waals surface area contributed by atoms with Gasteiger partial charge in [0.25, 0.3) is 0 Å². The van der Waals surface area contributed by atoms with Crippen molar-refractivity contribution in [2.45, 2.75) is 43.4 Å². The van der Waals surface area contributed by atoms with Gasteiger partial charge in [0.15, 0.2) is 0 Å². The number of rotatable bonds is 1. The number of benzene rings is 2. The fraction of sp³-hybridized carbons (Fsp3) is 0.318. The van der Waals surface area contributed by atoms with E-state index in [1.807, 2.05) is 6.20 Å². The fourth-order valence-electron chi connectivity index (χ4n) is 3.96. The van der Waals surface area contributed by atoms with Crippen LogP contribution in [0.1, 0.15) is 36.8 Å². The molecule has 5 heteroatoms. The summed E-state index contributed by atoms with van der Waals surface area (Å²) < 4.78 is 1.15. The van der Waals surface area contributed by atoms with Crippen LogP contribution in [0.25, 0.3) is 22.4 Å². The molecular formula is C22H24BrN3S. The smallest absolute Gasteiger partial charge is 0.0924 e. The summed E-state index contributed by atoms with van der Waals surface area (Å²) in [6.07, 6.45) is 9.44. The zero-order chi connectivity index (χ0) is 18.8. The second kappa shape index (κ2) is 8.21. The minimum Gasteiger partial charge on any atom is -0.345 e. The lowest BCUT2D eigenvalue weighted by molar-refractivity contribution is 0.453. The minimum atomic E-state index is 0.436. The topological polar surface area (TPSA) is 54.7 Å². The SMILES string of the molecule is Brc1ccc2c(c1)Cc1cc(-c3cnc[nH]3)ccc1-2.NC1CCCC(S)C1. The van der Waals surface area contributed by atoms with Crippen molar-refractivity contribution in [3.05, 3.63) is 64.5 Å². The third kappa shape index (κ3) is 4.31. The average molecular weight is 442 g/mol. The second-order valence-electron chi connectivity index (χ2n) is 7.40. The van der Waals surface area contributed by atoms with Gasteiger partial charge >= 0.3 is 0 Å². The van der Waals surface area contributed by atoms with Gasteiger partial charge in [-0.05, 0) is 71.7 Å². The Bertz CT molecular complexity index is 915. The van der Waals surface area contributed by atoms with Crippen molar-refractivity contribution in [2.75, 3.05) is 0 Å². The van der Waals surface area contributed by atoms with E-state index >= 15 is 0 Å². The van der Waals surface area contributed by atoms with E-state index in [-0.39, 0.29) is 0 Å². The van der Waals surface area contributed by atoms with E-state index in [0.717, 1.165) is 23.0 Å². The number of fused-ring (bicyclic) bond motifs is 3. The molecule has 5 rings (SSSR count). The standard InChI is InChI=1S/C16H11BrN2.C6H13NS/c17-13-2-4-15-12(7-13)6-11-5-10(1-3-14(11)15)16-8-18-9-19-16;7-5-2-1-3-6(8)4-5/h1-5,7-9H,6H2,(H,18,19);5-6,8H,1-4,7H2. The van der Waals surface area contributed by atoms with Crippen molar-refractivity contribution in [2.24, 2.45) is 5.73 Å². The van der Waals surface area contributed by atoms with Crippen LogP contribution in [0.4, 0.5) is 0 Å². The number of thiol groups is 1. The van der Waals surface area contributed by atoms with Crippen LogP contribution in [0.5, 0.6) is 0 Å². The third-order valence-corrected chi connectivity index (χ3v) is 6.30. The summed E-state index contributed by atoms with van der Waals surface area (Å²) in [6.45, 7) is 0. The molecule has 2 aromatic carbocycles. The van der Waals surface area contributed by atoms with Crippen LogP contribution >= 0.6 is 28.6 Å². The van der Waals surface area contributed by atoms with E-state index in [1.54, 1.807) is 6.33 Å². The summed E-state index contributed by atoms with van der Waals surface area (Å²) in [5, 5.41) is 0.582. The van der Waals surface area contributed by atoms with Crippen LogP contribution in [0.2, 0.25) is 0 Å². The molecule has 1 aromatic heterocycles. The van der Waals surface area contributed by atoms with Crippen LogP contribution < -0.4 is 5.73 Å². The predicted molar refractivity (Wildman–Crippen MR) is 119 cm³/mol. The summed E-state index contributed by atoms with van der Waals surface area (Å²) >= 11 is 7.88. The van der Waals surface area contributed by atoms with Gasteiger partial charge in [0.05, 0.1) is 18.2 Å². The van der Waals surface area contributed by atoms with Gasteiger partial charge < -0.3 is 10.7 Å². The fourth-order valence-corrected chi connectivity index (χ4v) is 4.82. The Morgan fingerprint density at radius 1 is 1.07 bits per heavy atom. The summed E-state index contributed by atoms with van der Waals surface area (Å²) in [5.74, 6) is 0. The molecule has 2 aliphatic carbocycles.